The normalized spacial score (nSPS) is 13.8. The largest absolute Gasteiger partial charge is 0.347 e. The van der Waals surface area contributed by atoms with Crippen molar-refractivity contribution in [2.45, 2.75) is 33.6 Å². The highest BCUT2D eigenvalue weighted by molar-refractivity contribution is 5.97. The lowest BCUT2D eigenvalue weighted by Gasteiger charge is -2.28. The lowest BCUT2D eigenvalue weighted by atomic mass is 10.1. The molecule has 8 nitrogen and oxygen atoms in total. The van der Waals surface area contributed by atoms with E-state index in [4.69, 9.17) is 0 Å². The smallest absolute Gasteiger partial charge is 0.275 e. The maximum absolute atomic E-state index is 13.1. The maximum Gasteiger partial charge on any atom is 0.275 e. The second kappa shape index (κ2) is 8.89. The number of para-hydroxylation sites is 1. The first-order valence-corrected chi connectivity index (χ1v) is 9.87. The van der Waals surface area contributed by atoms with Crippen LogP contribution in [0.15, 0.2) is 36.5 Å². The van der Waals surface area contributed by atoms with Crippen molar-refractivity contribution in [3.05, 3.63) is 47.8 Å². The number of nitrogens with one attached hydrogen (secondary N) is 1. The summed E-state index contributed by atoms with van der Waals surface area (Å²) in [6.07, 6.45) is 2.60. The summed E-state index contributed by atoms with van der Waals surface area (Å²) in [7, 11) is 0. The standard InChI is InChI=1S/C21H27N5O3/c1-15(2)12-19(27)22-14-20(28)24-10-7-11-25(24)21(29)18-13-23-26(16(18)3)17-8-5-4-6-9-17/h4-6,8-9,13,15H,7,10-12,14H2,1-3H3,(H,22,27). The molecule has 0 aliphatic carbocycles. The van der Waals surface area contributed by atoms with Crippen molar-refractivity contribution in [2.75, 3.05) is 19.6 Å². The first-order chi connectivity index (χ1) is 13.9. The van der Waals surface area contributed by atoms with Gasteiger partial charge in [-0.3, -0.25) is 14.4 Å². The zero-order valence-electron chi connectivity index (χ0n) is 17.1. The van der Waals surface area contributed by atoms with E-state index in [-0.39, 0.29) is 30.2 Å². The van der Waals surface area contributed by atoms with Crippen LogP contribution >= 0.6 is 0 Å². The third-order valence-corrected chi connectivity index (χ3v) is 4.82. The minimum absolute atomic E-state index is 0.113. The van der Waals surface area contributed by atoms with Crippen LogP contribution in [0, 0.1) is 12.8 Å². The molecule has 3 rings (SSSR count). The van der Waals surface area contributed by atoms with Crippen LogP contribution in [0.3, 0.4) is 0 Å². The fraction of sp³-hybridized carbons (Fsp3) is 0.429. The Hall–Kier alpha value is -3.16. The minimum Gasteiger partial charge on any atom is -0.347 e. The number of hydrogen-bond donors (Lipinski definition) is 1. The molecule has 0 atom stereocenters. The number of hydrogen-bond acceptors (Lipinski definition) is 4. The van der Waals surface area contributed by atoms with E-state index in [0.29, 0.717) is 37.2 Å². The second-order valence-electron chi connectivity index (χ2n) is 7.56. The van der Waals surface area contributed by atoms with E-state index < -0.39 is 0 Å². The summed E-state index contributed by atoms with van der Waals surface area (Å²) in [5.74, 6) is -0.491. The van der Waals surface area contributed by atoms with Crippen molar-refractivity contribution in [3.8, 4) is 5.69 Å². The van der Waals surface area contributed by atoms with Gasteiger partial charge in [0.1, 0.15) is 0 Å². The Morgan fingerprint density at radius 1 is 1.10 bits per heavy atom. The molecule has 0 bridgehead atoms. The van der Waals surface area contributed by atoms with E-state index in [1.54, 1.807) is 4.68 Å². The van der Waals surface area contributed by atoms with Crippen molar-refractivity contribution in [1.82, 2.24) is 25.1 Å². The molecule has 2 aromatic rings. The summed E-state index contributed by atoms with van der Waals surface area (Å²) >= 11 is 0. The summed E-state index contributed by atoms with van der Waals surface area (Å²) in [4.78, 5) is 37.5. The Kier molecular flexibility index (Phi) is 6.31. The number of amides is 3. The molecule has 154 valence electrons. The van der Waals surface area contributed by atoms with Crippen molar-refractivity contribution >= 4 is 17.7 Å². The SMILES string of the molecule is Cc1c(C(=O)N2CCCN2C(=O)CNC(=O)CC(C)C)cnn1-c1ccccc1. The van der Waals surface area contributed by atoms with Crippen LogP contribution in [-0.4, -0.2) is 57.2 Å². The minimum atomic E-state index is -0.291. The van der Waals surface area contributed by atoms with Gasteiger partial charge in [-0.25, -0.2) is 14.7 Å². The van der Waals surface area contributed by atoms with Crippen molar-refractivity contribution < 1.29 is 14.4 Å². The zero-order valence-corrected chi connectivity index (χ0v) is 17.1. The van der Waals surface area contributed by atoms with Gasteiger partial charge in [-0.2, -0.15) is 5.10 Å². The van der Waals surface area contributed by atoms with Crippen LogP contribution in [-0.2, 0) is 9.59 Å². The molecule has 1 fully saturated rings. The number of carbonyl (C=O) groups is 3. The van der Waals surface area contributed by atoms with Crippen molar-refractivity contribution in [3.63, 3.8) is 0 Å². The average molecular weight is 397 g/mol. The fourth-order valence-corrected chi connectivity index (χ4v) is 3.38. The van der Waals surface area contributed by atoms with E-state index in [2.05, 4.69) is 10.4 Å². The van der Waals surface area contributed by atoms with Gasteiger partial charge in [0, 0.05) is 19.5 Å². The number of rotatable bonds is 6. The molecular weight excluding hydrogens is 370 g/mol. The quantitative estimate of drug-likeness (QED) is 0.807. The lowest BCUT2D eigenvalue weighted by molar-refractivity contribution is -0.141. The Labute approximate surface area is 170 Å². The first-order valence-electron chi connectivity index (χ1n) is 9.87. The van der Waals surface area contributed by atoms with Gasteiger partial charge in [0.15, 0.2) is 0 Å². The lowest BCUT2D eigenvalue weighted by Crippen LogP contribution is -2.48. The molecular formula is C21H27N5O3. The van der Waals surface area contributed by atoms with Gasteiger partial charge in [0.25, 0.3) is 11.8 Å². The van der Waals surface area contributed by atoms with Gasteiger partial charge in [-0.05, 0) is 31.4 Å². The summed E-state index contributed by atoms with van der Waals surface area (Å²) in [6, 6.07) is 9.57. The Morgan fingerprint density at radius 3 is 2.48 bits per heavy atom. The molecule has 1 aromatic carbocycles. The van der Waals surface area contributed by atoms with E-state index in [1.165, 1.54) is 16.2 Å². The third-order valence-electron chi connectivity index (χ3n) is 4.82. The van der Waals surface area contributed by atoms with Gasteiger partial charge >= 0.3 is 0 Å². The molecule has 2 heterocycles. The number of nitrogens with zero attached hydrogens (tertiary/aromatic N) is 4. The van der Waals surface area contributed by atoms with Gasteiger partial charge in [0.2, 0.25) is 5.91 Å². The number of carbonyl (C=O) groups excluding carboxylic acids is 3. The molecule has 0 unspecified atom stereocenters. The van der Waals surface area contributed by atoms with Gasteiger partial charge < -0.3 is 5.32 Å². The van der Waals surface area contributed by atoms with E-state index in [0.717, 1.165) is 5.69 Å². The van der Waals surface area contributed by atoms with E-state index in [9.17, 15) is 14.4 Å². The highest BCUT2D eigenvalue weighted by atomic mass is 16.2. The average Bonchev–Trinajstić information content (AvgIpc) is 3.33. The summed E-state index contributed by atoms with van der Waals surface area (Å²) in [5.41, 5.74) is 2.04. The first kappa shape index (κ1) is 20.6. The van der Waals surface area contributed by atoms with Crippen molar-refractivity contribution in [2.24, 2.45) is 5.92 Å². The molecule has 3 amide bonds. The van der Waals surface area contributed by atoms with Crippen LogP contribution in [0.2, 0.25) is 0 Å². The van der Waals surface area contributed by atoms with Crippen LogP contribution in [0.1, 0.15) is 42.7 Å². The summed E-state index contributed by atoms with van der Waals surface area (Å²) in [5, 5.41) is 9.87. The second-order valence-corrected chi connectivity index (χ2v) is 7.56. The predicted molar refractivity (Wildman–Crippen MR) is 108 cm³/mol. The summed E-state index contributed by atoms with van der Waals surface area (Å²) in [6.45, 7) is 6.52. The van der Waals surface area contributed by atoms with E-state index >= 15 is 0 Å². The van der Waals surface area contributed by atoms with Crippen LogP contribution in [0.25, 0.3) is 5.69 Å². The number of aromatic nitrogens is 2. The topological polar surface area (TPSA) is 87.5 Å². The Morgan fingerprint density at radius 2 is 1.79 bits per heavy atom. The van der Waals surface area contributed by atoms with Crippen LogP contribution < -0.4 is 5.32 Å². The zero-order chi connectivity index (χ0) is 21.0. The van der Waals surface area contributed by atoms with E-state index in [1.807, 2.05) is 51.1 Å². The predicted octanol–water partition coefficient (Wildman–Crippen LogP) is 1.93. The fourth-order valence-electron chi connectivity index (χ4n) is 3.38. The Bertz CT molecular complexity index is 891. The van der Waals surface area contributed by atoms with Gasteiger partial charge in [0.05, 0.1) is 29.7 Å². The molecule has 8 heteroatoms. The number of benzene rings is 1. The van der Waals surface area contributed by atoms with Crippen molar-refractivity contribution in [1.29, 1.82) is 0 Å². The molecule has 1 aliphatic rings. The van der Waals surface area contributed by atoms with Crippen LogP contribution in [0.4, 0.5) is 0 Å². The molecule has 1 aromatic heterocycles. The highest BCUT2D eigenvalue weighted by Crippen LogP contribution is 2.19. The van der Waals surface area contributed by atoms with Crippen LogP contribution in [0.5, 0.6) is 0 Å². The monoisotopic (exact) mass is 397 g/mol. The maximum atomic E-state index is 13.1. The highest BCUT2D eigenvalue weighted by Gasteiger charge is 2.33. The third kappa shape index (κ3) is 4.64. The molecule has 0 spiro atoms. The molecule has 29 heavy (non-hydrogen) atoms. The number of hydrazine groups is 1. The summed E-state index contributed by atoms with van der Waals surface area (Å²) < 4.78 is 1.71. The van der Waals surface area contributed by atoms with Gasteiger partial charge in [-0.1, -0.05) is 32.0 Å². The molecule has 0 radical (unpaired) electrons. The molecule has 1 aliphatic heterocycles. The van der Waals surface area contributed by atoms with Gasteiger partial charge in [-0.15, -0.1) is 0 Å². The molecule has 1 saturated heterocycles. The molecule has 1 N–H and O–H groups in total. The molecule has 0 saturated carbocycles. The Balaban J connectivity index is 1.70.